The van der Waals surface area contributed by atoms with Crippen LogP contribution in [-0.2, 0) is 9.53 Å². The summed E-state index contributed by atoms with van der Waals surface area (Å²) in [5, 5.41) is 2.12. The summed E-state index contributed by atoms with van der Waals surface area (Å²) >= 11 is 0. The van der Waals surface area contributed by atoms with E-state index in [1.165, 1.54) is 6.08 Å². The molecule has 0 aliphatic heterocycles. The lowest BCUT2D eigenvalue weighted by atomic mass is 9.97. The van der Waals surface area contributed by atoms with Crippen molar-refractivity contribution in [2.24, 2.45) is 0 Å². The summed E-state index contributed by atoms with van der Waals surface area (Å²) in [6.07, 6.45) is 1.34. The maximum Gasteiger partial charge on any atom is 0.334 e. The van der Waals surface area contributed by atoms with Crippen LogP contribution in [0.15, 0.2) is 72.5 Å². The van der Waals surface area contributed by atoms with Gasteiger partial charge in [-0.2, -0.15) is 0 Å². The monoisotopic (exact) mass is 357 g/mol. The van der Waals surface area contributed by atoms with E-state index in [1.54, 1.807) is 26.0 Å². The van der Waals surface area contributed by atoms with E-state index in [9.17, 15) is 4.79 Å². The molecule has 0 saturated heterocycles. The third-order valence-electron chi connectivity index (χ3n) is 4.05. The average molecular weight is 357 g/mol. The Morgan fingerprint density at radius 1 is 1.07 bits per heavy atom. The number of rotatable bonds is 5. The highest BCUT2D eigenvalue weighted by Gasteiger charge is 2.13. The lowest BCUT2D eigenvalue weighted by Gasteiger charge is -2.15. The number of fused-ring (bicyclic) bond motifs is 1. The van der Waals surface area contributed by atoms with Crippen molar-refractivity contribution in [3.63, 3.8) is 0 Å². The van der Waals surface area contributed by atoms with Gasteiger partial charge in [0.1, 0.15) is 11.5 Å². The highest BCUT2D eigenvalue weighted by Crippen LogP contribution is 2.38. The molecule has 0 aliphatic carbocycles. The smallest absolute Gasteiger partial charge is 0.334 e. The molecule has 0 aliphatic rings. The molecule has 0 radical (unpaired) electrons. The van der Waals surface area contributed by atoms with Crippen molar-refractivity contribution in [3.8, 4) is 16.9 Å². The van der Waals surface area contributed by atoms with Crippen molar-refractivity contribution in [3.05, 3.63) is 83.9 Å². The van der Waals surface area contributed by atoms with Gasteiger partial charge in [-0.15, -0.1) is 0 Å². The van der Waals surface area contributed by atoms with Gasteiger partial charge in [0.15, 0.2) is 5.69 Å². The van der Waals surface area contributed by atoms with Crippen LogP contribution in [0.1, 0.15) is 13.8 Å². The van der Waals surface area contributed by atoms with Crippen molar-refractivity contribution in [1.29, 1.82) is 0 Å². The van der Waals surface area contributed by atoms with Crippen LogP contribution in [0.2, 0.25) is 0 Å². The molecule has 0 bridgehead atoms. The standard InChI is InChI=1S/C23H19NO3/c1-4-26-22(25)15-16(2)27-21-14-11-17-7-5-6-8-20(17)23(21)18-9-12-19(24-3)13-10-18/h5-15H,4H2,1-2H3/b16-15+. The molecule has 4 heteroatoms. The molecule has 0 fully saturated rings. The zero-order chi connectivity index (χ0) is 19.2. The van der Waals surface area contributed by atoms with E-state index in [2.05, 4.69) is 4.85 Å². The fraction of sp³-hybridized carbons (Fsp3) is 0.130. The summed E-state index contributed by atoms with van der Waals surface area (Å²) in [6, 6.07) is 19.3. The molecule has 0 N–H and O–H groups in total. The molecular weight excluding hydrogens is 338 g/mol. The summed E-state index contributed by atoms with van der Waals surface area (Å²) in [5.74, 6) is 0.656. The van der Waals surface area contributed by atoms with Crippen molar-refractivity contribution >= 4 is 22.4 Å². The van der Waals surface area contributed by atoms with Gasteiger partial charge in [-0.25, -0.2) is 9.64 Å². The summed E-state index contributed by atoms with van der Waals surface area (Å²) < 4.78 is 10.9. The number of ether oxygens (including phenoxy) is 2. The van der Waals surface area contributed by atoms with E-state index in [0.717, 1.165) is 21.9 Å². The van der Waals surface area contributed by atoms with E-state index in [0.29, 0.717) is 23.8 Å². The van der Waals surface area contributed by atoms with Crippen LogP contribution in [0, 0.1) is 6.57 Å². The van der Waals surface area contributed by atoms with Gasteiger partial charge >= 0.3 is 5.97 Å². The fourth-order valence-corrected chi connectivity index (χ4v) is 2.89. The normalized spacial score (nSPS) is 11.1. The Labute approximate surface area is 158 Å². The first-order valence-electron chi connectivity index (χ1n) is 8.65. The number of carbonyl (C=O) groups excluding carboxylic acids is 1. The van der Waals surface area contributed by atoms with Crippen molar-refractivity contribution in [1.82, 2.24) is 0 Å². The zero-order valence-electron chi connectivity index (χ0n) is 15.2. The Morgan fingerprint density at radius 2 is 1.81 bits per heavy atom. The maximum atomic E-state index is 11.7. The van der Waals surface area contributed by atoms with Gasteiger partial charge in [-0.3, -0.25) is 0 Å². The van der Waals surface area contributed by atoms with Gasteiger partial charge in [0, 0.05) is 5.56 Å². The minimum absolute atomic E-state index is 0.317. The lowest BCUT2D eigenvalue weighted by Crippen LogP contribution is -2.03. The zero-order valence-corrected chi connectivity index (χ0v) is 15.2. The molecule has 4 nitrogen and oxygen atoms in total. The average Bonchev–Trinajstić information content (AvgIpc) is 2.68. The van der Waals surface area contributed by atoms with E-state index in [1.807, 2.05) is 48.5 Å². The molecule has 0 heterocycles. The second-order valence-electron chi connectivity index (χ2n) is 5.93. The Kier molecular flexibility index (Phi) is 5.53. The SMILES string of the molecule is [C-]#[N+]c1ccc(-c2c(O/C(C)=C/C(=O)OCC)ccc3ccccc23)cc1. The predicted molar refractivity (Wildman–Crippen MR) is 107 cm³/mol. The Morgan fingerprint density at radius 3 is 2.52 bits per heavy atom. The minimum Gasteiger partial charge on any atom is -0.463 e. The first-order chi connectivity index (χ1) is 13.1. The van der Waals surface area contributed by atoms with Gasteiger partial charge in [0.05, 0.1) is 19.3 Å². The number of carbonyl (C=O) groups is 1. The van der Waals surface area contributed by atoms with E-state index >= 15 is 0 Å². The Balaban J connectivity index is 2.09. The van der Waals surface area contributed by atoms with E-state index < -0.39 is 5.97 Å². The Hall–Kier alpha value is -3.58. The summed E-state index contributed by atoms with van der Waals surface area (Å²) in [7, 11) is 0. The number of allylic oxidation sites excluding steroid dienone is 1. The van der Waals surface area contributed by atoms with Crippen LogP contribution in [0.3, 0.4) is 0 Å². The molecule has 27 heavy (non-hydrogen) atoms. The van der Waals surface area contributed by atoms with Gasteiger partial charge in [-0.05, 0) is 36.2 Å². The highest BCUT2D eigenvalue weighted by molar-refractivity contribution is 6.00. The largest absolute Gasteiger partial charge is 0.463 e. The maximum absolute atomic E-state index is 11.7. The lowest BCUT2D eigenvalue weighted by molar-refractivity contribution is -0.137. The van der Waals surface area contributed by atoms with Gasteiger partial charge in [0.25, 0.3) is 0 Å². The summed E-state index contributed by atoms with van der Waals surface area (Å²) in [6.45, 7) is 10.9. The number of hydrogen-bond acceptors (Lipinski definition) is 3. The Bertz CT molecular complexity index is 1040. The fourth-order valence-electron chi connectivity index (χ4n) is 2.89. The van der Waals surface area contributed by atoms with Gasteiger partial charge < -0.3 is 9.47 Å². The van der Waals surface area contributed by atoms with Crippen molar-refractivity contribution in [2.45, 2.75) is 13.8 Å². The van der Waals surface area contributed by atoms with Crippen LogP contribution >= 0.6 is 0 Å². The first kappa shape index (κ1) is 18.2. The van der Waals surface area contributed by atoms with Crippen molar-refractivity contribution in [2.75, 3.05) is 6.61 Å². The quantitative estimate of drug-likeness (QED) is 0.247. The second-order valence-corrected chi connectivity index (χ2v) is 5.93. The number of benzene rings is 3. The third-order valence-corrected chi connectivity index (χ3v) is 4.05. The number of esters is 1. The third kappa shape index (κ3) is 4.16. The molecule has 3 aromatic carbocycles. The van der Waals surface area contributed by atoms with Crippen LogP contribution < -0.4 is 4.74 Å². The van der Waals surface area contributed by atoms with Crippen LogP contribution in [0.4, 0.5) is 5.69 Å². The molecule has 0 atom stereocenters. The van der Waals surface area contributed by atoms with Crippen LogP contribution in [0.5, 0.6) is 5.75 Å². The molecule has 3 aromatic rings. The summed E-state index contributed by atoms with van der Waals surface area (Å²) in [5.41, 5.74) is 2.44. The molecule has 0 spiro atoms. The number of nitrogens with zero attached hydrogens (tertiary/aromatic N) is 1. The van der Waals surface area contributed by atoms with E-state index in [-0.39, 0.29) is 0 Å². The molecule has 0 aromatic heterocycles. The summed E-state index contributed by atoms with van der Waals surface area (Å²) in [4.78, 5) is 15.1. The highest BCUT2D eigenvalue weighted by atomic mass is 16.5. The molecule has 3 rings (SSSR count). The molecular formula is C23H19NO3. The minimum atomic E-state index is -0.432. The van der Waals surface area contributed by atoms with Gasteiger partial charge in [0.2, 0.25) is 0 Å². The first-order valence-corrected chi connectivity index (χ1v) is 8.65. The number of hydrogen-bond donors (Lipinski definition) is 0. The molecule has 134 valence electrons. The molecule has 0 amide bonds. The van der Waals surface area contributed by atoms with E-state index in [4.69, 9.17) is 16.0 Å². The molecule has 0 unspecified atom stereocenters. The molecule has 0 saturated carbocycles. The van der Waals surface area contributed by atoms with Crippen molar-refractivity contribution < 1.29 is 14.3 Å². The van der Waals surface area contributed by atoms with Gasteiger partial charge in [-0.1, -0.05) is 54.6 Å². The van der Waals surface area contributed by atoms with Crippen LogP contribution in [-0.4, -0.2) is 12.6 Å². The topological polar surface area (TPSA) is 39.9 Å². The second kappa shape index (κ2) is 8.20. The van der Waals surface area contributed by atoms with Crippen LogP contribution in [0.25, 0.3) is 26.7 Å². The predicted octanol–water partition coefficient (Wildman–Crippen LogP) is 5.90.